The largest absolute Gasteiger partial charge is 0.340 e. The van der Waals surface area contributed by atoms with E-state index >= 15 is 0 Å². The molecular formula is C9H17ClN2O. The molecule has 4 heteroatoms. The summed E-state index contributed by atoms with van der Waals surface area (Å²) in [6.45, 7) is 5.32. The third kappa shape index (κ3) is 2.58. The van der Waals surface area contributed by atoms with Crippen LogP contribution in [0.2, 0.25) is 0 Å². The molecule has 1 unspecified atom stereocenters. The summed E-state index contributed by atoms with van der Waals surface area (Å²) in [4.78, 5) is 13.4. The summed E-state index contributed by atoms with van der Waals surface area (Å²) in [7, 11) is 0. The van der Waals surface area contributed by atoms with Gasteiger partial charge in [-0.2, -0.15) is 0 Å². The smallest absolute Gasteiger partial charge is 0.239 e. The zero-order valence-electron chi connectivity index (χ0n) is 8.16. The van der Waals surface area contributed by atoms with E-state index < -0.39 is 0 Å². The Hall–Kier alpha value is -0.280. The minimum absolute atomic E-state index is 0.0400. The molecule has 3 nitrogen and oxygen atoms in total. The molecule has 1 heterocycles. The van der Waals surface area contributed by atoms with Crippen LogP contribution in [0.15, 0.2) is 0 Å². The fraction of sp³-hybridized carbons (Fsp3) is 0.889. The number of halogens is 1. The van der Waals surface area contributed by atoms with Crippen molar-refractivity contribution >= 4 is 17.5 Å². The van der Waals surface area contributed by atoms with Gasteiger partial charge in [0, 0.05) is 13.1 Å². The number of alkyl halides is 1. The number of carbonyl (C=O) groups excluding carboxylic acids is 1. The van der Waals surface area contributed by atoms with E-state index in [1.54, 1.807) is 4.90 Å². The minimum Gasteiger partial charge on any atom is -0.340 e. The van der Waals surface area contributed by atoms with Gasteiger partial charge in [0.25, 0.3) is 0 Å². The fourth-order valence-electron chi connectivity index (χ4n) is 1.41. The maximum Gasteiger partial charge on any atom is 0.239 e. The van der Waals surface area contributed by atoms with Gasteiger partial charge in [0.15, 0.2) is 0 Å². The number of nitrogens with zero attached hydrogens (tertiary/aromatic N) is 1. The first-order chi connectivity index (χ1) is 6.02. The van der Waals surface area contributed by atoms with Gasteiger partial charge in [-0.05, 0) is 12.3 Å². The summed E-state index contributed by atoms with van der Waals surface area (Å²) in [5, 5.41) is 0.114. The first-order valence-electron chi connectivity index (χ1n) is 4.70. The maximum atomic E-state index is 11.7. The van der Waals surface area contributed by atoms with Gasteiger partial charge in [0.05, 0.1) is 11.4 Å². The van der Waals surface area contributed by atoms with Crippen molar-refractivity contribution < 1.29 is 4.79 Å². The van der Waals surface area contributed by atoms with Gasteiger partial charge < -0.3 is 10.6 Å². The van der Waals surface area contributed by atoms with E-state index in [1.807, 2.05) is 13.8 Å². The standard InChI is InChI=1S/C9H17ClN2O/c1-6(2)8(11)9(13)12-4-3-7(10)5-12/h6-8H,3-5,11H2,1-2H3/t7-,8?/m0/s1. The summed E-state index contributed by atoms with van der Waals surface area (Å²) in [5.41, 5.74) is 5.75. The van der Waals surface area contributed by atoms with Crippen molar-refractivity contribution in [2.45, 2.75) is 31.7 Å². The SMILES string of the molecule is CC(C)C(N)C(=O)N1CC[C@H](Cl)C1. The van der Waals surface area contributed by atoms with Crippen molar-refractivity contribution in [3.63, 3.8) is 0 Å². The quantitative estimate of drug-likeness (QED) is 0.677. The molecule has 1 rings (SSSR count). The zero-order valence-corrected chi connectivity index (χ0v) is 8.92. The van der Waals surface area contributed by atoms with Crippen LogP contribution in [0.5, 0.6) is 0 Å². The minimum atomic E-state index is -0.373. The number of hydrogen-bond donors (Lipinski definition) is 1. The van der Waals surface area contributed by atoms with Gasteiger partial charge in [-0.1, -0.05) is 13.8 Å². The third-order valence-electron chi connectivity index (χ3n) is 2.45. The molecule has 0 radical (unpaired) electrons. The molecular weight excluding hydrogens is 188 g/mol. The number of rotatable bonds is 2. The van der Waals surface area contributed by atoms with Gasteiger partial charge in [0.1, 0.15) is 0 Å². The highest BCUT2D eigenvalue weighted by atomic mass is 35.5. The molecule has 0 saturated carbocycles. The number of hydrogen-bond acceptors (Lipinski definition) is 2. The second kappa shape index (κ2) is 4.29. The maximum absolute atomic E-state index is 11.7. The van der Waals surface area contributed by atoms with Crippen LogP contribution in [-0.4, -0.2) is 35.3 Å². The first-order valence-corrected chi connectivity index (χ1v) is 5.14. The predicted molar refractivity (Wildman–Crippen MR) is 53.7 cm³/mol. The predicted octanol–water partition coefficient (Wildman–Crippen LogP) is 0.809. The van der Waals surface area contributed by atoms with Crippen LogP contribution < -0.4 is 5.73 Å². The molecule has 1 fully saturated rings. The van der Waals surface area contributed by atoms with Crippen molar-refractivity contribution in [1.82, 2.24) is 4.90 Å². The molecule has 0 aromatic carbocycles. The Morgan fingerprint density at radius 3 is 2.62 bits per heavy atom. The van der Waals surface area contributed by atoms with Crippen molar-refractivity contribution in [3.8, 4) is 0 Å². The molecule has 2 atom stereocenters. The molecule has 1 saturated heterocycles. The highest BCUT2D eigenvalue weighted by molar-refractivity contribution is 6.21. The van der Waals surface area contributed by atoms with Gasteiger partial charge in [-0.25, -0.2) is 0 Å². The number of amides is 1. The lowest BCUT2D eigenvalue weighted by molar-refractivity contribution is -0.132. The molecule has 1 amide bonds. The van der Waals surface area contributed by atoms with E-state index in [4.69, 9.17) is 17.3 Å². The molecule has 1 aliphatic rings. The van der Waals surface area contributed by atoms with Crippen LogP contribution in [0.4, 0.5) is 0 Å². The number of carbonyl (C=O) groups is 1. The van der Waals surface area contributed by atoms with E-state index in [0.717, 1.165) is 13.0 Å². The average molecular weight is 205 g/mol. The van der Waals surface area contributed by atoms with Crippen LogP contribution in [0, 0.1) is 5.92 Å². The molecule has 1 aliphatic heterocycles. The Balaban J connectivity index is 2.48. The molecule has 0 aliphatic carbocycles. The molecule has 0 aromatic heterocycles. The van der Waals surface area contributed by atoms with Crippen LogP contribution in [0.3, 0.4) is 0 Å². The summed E-state index contributed by atoms with van der Waals surface area (Å²) in [6.07, 6.45) is 0.887. The highest BCUT2D eigenvalue weighted by Gasteiger charge is 2.29. The molecule has 2 N–H and O–H groups in total. The Kier molecular flexibility index (Phi) is 3.56. The van der Waals surface area contributed by atoms with E-state index in [2.05, 4.69) is 0 Å². The third-order valence-corrected chi connectivity index (χ3v) is 2.80. The Labute approximate surface area is 84.2 Å². The zero-order chi connectivity index (χ0) is 10.0. The lowest BCUT2D eigenvalue weighted by Crippen LogP contribution is -2.45. The topological polar surface area (TPSA) is 46.3 Å². The van der Waals surface area contributed by atoms with Gasteiger partial charge in [-0.15, -0.1) is 11.6 Å². The number of nitrogens with two attached hydrogens (primary N) is 1. The van der Waals surface area contributed by atoms with Gasteiger partial charge in [-0.3, -0.25) is 4.79 Å². The Morgan fingerprint density at radius 1 is 1.62 bits per heavy atom. The summed E-state index contributed by atoms with van der Waals surface area (Å²) in [5.74, 6) is 0.236. The van der Waals surface area contributed by atoms with Crippen LogP contribution in [0.25, 0.3) is 0 Å². The van der Waals surface area contributed by atoms with Crippen LogP contribution >= 0.6 is 11.6 Å². The van der Waals surface area contributed by atoms with Crippen LogP contribution in [-0.2, 0) is 4.79 Å². The van der Waals surface area contributed by atoms with E-state index in [0.29, 0.717) is 6.54 Å². The number of likely N-dealkylation sites (tertiary alicyclic amines) is 1. The molecule has 0 spiro atoms. The van der Waals surface area contributed by atoms with Crippen LogP contribution in [0.1, 0.15) is 20.3 Å². The monoisotopic (exact) mass is 204 g/mol. The van der Waals surface area contributed by atoms with Crippen molar-refractivity contribution in [1.29, 1.82) is 0 Å². The van der Waals surface area contributed by atoms with Crippen molar-refractivity contribution in [2.24, 2.45) is 11.7 Å². The normalized spacial score (nSPS) is 25.3. The Morgan fingerprint density at radius 2 is 2.23 bits per heavy atom. The lowest BCUT2D eigenvalue weighted by atomic mass is 10.0. The lowest BCUT2D eigenvalue weighted by Gasteiger charge is -2.22. The molecule has 0 bridgehead atoms. The highest BCUT2D eigenvalue weighted by Crippen LogP contribution is 2.16. The van der Waals surface area contributed by atoms with E-state index in [9.17, 15) is 4.79 Å². The molecule has 13 heavy (non-hydrogen) atoms. The Bertz CT molecular complexity index is 196. The summed E-state index contributed by atoms with van der Waals surface area (Å²) < 4.78 is 0. The second-order valence-corrected chi connectivity index (χ2v) is 4.56. The fourth-order valence-corrected chi connectivity index (χ4v) is 1.68. The van der Waals surface area contributed by atoms with Gasteiger partial charge in [0.2, 0.25) is 5.91 Å². The first kappa shape index (κ1) is 10.8. The molecule has 0 aromatic rings. The second-order valence-electron chi connectivity index (χ2n) is 3.94. The summed E-state index contributed by atoms with van der Waals surface area (Å²) in [6, 6.07) is -0.373. The summed E-state index contributed by atoms with van der Waals surface area (Å²) >= 11 is 5.90. The average Bonchev–Trinajstić information content (AvgIpc) is 2.49. The van der Waals surface area contributed by atoms with E-state index in [-0.39, 0.29) is 23.2 Å². The van der Waals surface area contributed by atoms with Crippen molar-refractivity contribution in [2.75, 3.05) is 13.1 Å². The molecule has 76 valence electrons. The van der Waals surface area contributed by atoms with Crippen molar-refractivity contribution in [3.05, 3.63) is 0 Å². The van der Waals surface area contributed by atoms with E-state index in [1.165, 1.54) is 0 Å². The van der Waals surface area contributed by atoms with Gasteiger partial charge >= 0.3 is 0 Å².